The summed E-state index contributed by atoms with van der Waals surface area (Å²) >= 11 is 0. The molecule has 0 aliphatic carbocycles. The minimum atomic E-state index is 0.479. The fourth-order valence-corrected chi connectivity index (χ4v) is 2.34. The van der Waals surface area contributed by atoms with E-state index in [1.165, 1.54) is 5.56 Å². The Morgan fingerprint density at radius 3 is 2.58 bits per heavy atom. The van der Waals surface area contributed by atoms with E-state index in [0.717, 1.165) is 18.7 Å². The summed E-state index contributed by atoms with van der Waals surface area (Å²) in [6.07, 6.45) is 1.11. The molecule has 0 heterocycles. The third kappa shape index (κ3) is 5.62. The quantitative estimate of drug-likeness (QED) is 0.696. The average molecular weight is 265 g/mol. The number of nitrogens with one attached hydrogen (secondary N) is 1. The van der Waals surface area contributed by atoms with Crippen LogP contribution in [-0.4, -0.2) is 32.9 Å². The van der Waals surface area contributed by atoms with Crippen molar-refractivity contribution in [2.24, 2.45) is 0 Å². The average Bonchev–Trinajstić information content (AvgIpc) is 2.39. The van der Waals surface area contributed by atoms with Crippen molar-refractivity contribution < 1.29 is 9.47 Å². The molecule has 2 unspecified atom stereocenters. The molecule has 108 valence electrons. The molecule has 1 rings (SSSR count). The first-order valence-corrected chi connectivity index (χ1v) is 7.13. The van der Waals surface area contributed by atoms with E-state index in [1.54, 1.807) is 7.11 Å². The van der Waals surface area contributed by atoms with Crippen LogP contribution in [0.1, 0.15) is 38.7 Å². The van der Waals surface area contributed by atoms with Gasteiger partial charge in [-0.2, -0.15) is 0 Å². The van der Waals surface area contributed by atoms with Crippen molar-refractivity contribution in [2.45, 2.75) is 39.2 Å². The van der Waals surface area contributed by atoms with Gasteiger partial charge in [-0.05, 0) is 37.4 Å². The fourth-order valence-electron chi connectivity index (χ4n) is 2.34. The summed E-state index contributed by atoms with van der Waals surface area (Å²) in [7, 11) is 1.69. The van der Waals surface area contributed by atoms with E-state index in [-0.39, 0.29) is 0 Å². The van der Waals surface area contributed by atoms with Crippen LogP contribution in [0.25, 0.3) is 0 Å². The van der Waals surface area contributed by atoms with Crippen LogP contribution in [0.2, 0.25) is 0 Å². The van der Waals surface area contributed by atoms with Gasteiger partial charge >= 0.3 is 0 Å². The van der Waals surface area contributed by atoms with Gasteiger partial charge in [0.2, 0.25) is 0 Å². The maximum atomic E-state index is 5.79. The van der Waals surface area contributed by atoms with Gasteiger partial charge in [-0.1, -0.05) is 32.0 Å². The maximum Gasteiger partial charge on any atom is 0.122 e. The summed E-state index contributed by atoms with van der Waals surface area (Å²) in [4.78, 5) is 0. The van der Waals surface area contributed by atoms with E-state index in [0.29, 0.717) is 25.2 Å². The molecule has 0 aromatic heterocycles. The second-order valence-electron chi connectivity index (χ2n) is 4.97. The van der Waals surface area contributed by atoms with Gasteiger partial charge in [-0.15, -0.1) is 0 Å². The summed E-state index contributed by atoms with van der Waals surface area (Å²) < 4.78 is 10.8. The Kier molecular flexibility index (Phi) is 7.53. The first-order valence-electron chi connectivity index (χ1n) is 7.13. The largest absolute Gasteiger partial charge is 0.491 e. The molecule has 1 aromatic rings. The number of para-hydroxylation sites is 1. The van der Waals surface area contributed by atoms with E-state index >= 15 is 0 Å². The Bertz CT molecular complexity index is 354. The second-order valence-corrected chi connectivity index (χ2v) is 4.97. The molecular weight excluding hydrogens is 238 g/mol. The van der Waals surface area contributed by atoms with Gasteiger partial charge in [-0.3, -0.25) is 0 Å². The molecule has 0 saturated carbocycles. The number of rotatable bonds is 9. The molecule has 1 aromatic carbocycles. The number of hydrogen-bond donors (Lipinski definition) is 1. The lowest BCUT2D eigenvalue weighted by atomic mass is 9.93. The van der Waals surface area contributed by atoms with Crippen LogP contribution >= 0.6 is 0 Å². The molecule has 0 fully saturated rings. The zero-order valence-electron chi connectivity index (χ0n) is 12.6. The Labute approximate surface area is 117 Å². The highest BCUT2D eigenvalue weighted by Crippen LogP contribution is 2.29. The molecule has 1 N–H and O–H groups in total. The van der Waals surface area contributed by atoms with Crippen LogP contribution in [-0.2, 0) is 4.74 Å². The van der Waals surface area contributed by atoms with Gasteiger partial charge in [-0.25, -0.2) is 0 Å². The topological polar surface area (TPSA) is 30.5 Å². The molecule has 0 radical (unpaired) electrons. The van der Waals surface area contributed by atoms with Gasteiger partial charge in [0, 0.05) is 13.2 Å². The van der Waals surface area contributed by atoms with E-state index in [9.17, 15) is 0 Å². The highest BCUT2D eigenvalue weighted by Gasteiger charge is 2.14. The first-order chi connectivity index (χ1) is 9.19. The third-order valence-corrected chi connectivity index (χ3v) is 3.25. The molecule has 0 amide bonds. The van der Waals surface area contributed by atoms with Crippen LogP contribution in [0, 0.1) is 0 Å². The van der Waals surface area contributed by atoms with Crippen molar-refractivity contribution in [3.05, 3.63) is 29.8 Å². The SMILES string of the molecule is CCNC(C)CC(C)c1ccccc1OCCOC. The van der Waals surface area contributed by atoms with Gasteiger partial charge in [0.1, 0.15) is 12.4 Å². The monoisotopic (exact) mass is 265 g/mol. The minimum Gasteiger partial charge on any atom is -0.491 e. The van der Waals surface area contributed by atoms with E-state index in [4.69, 9.17) is 9.47 Å². The van der Waals surface area contributed by atoms with Crippen LogP contribution < -0.4 is 10.1 Å². The van der Waals surface area contributed by atoms with Crippen molar-refractivity contribution in [1.82, 2.24) is 5.32 Å². The van der Waals surface area contributed by atoms with Crippen molar-refractivity contribution in [3.8, 4) is 5.75 Å². The zero-order chi connectivity index (χ0) is 14.1. The second kappa shape index (κ2) is 8.94. The molecule has 0 aliphatic rings. The maximum absolute atomic E-state index is 5.79. The normalized spacial score (nSPS) is 14.1. The summed E-state index contributed by atoms with van der Waals surface area (Å²) in [6, 6.07) is 8.82. The lowest BCUT2D eigenvalue weighted by Gasteiger charge is -2.20. The van der Waals surface area contributed by atoms with E-state index in [2.05, 4.69) is 38.2 Å². The summed E-state index contributed by atoms with van der Waals surface area (Å²) in [5.74, 6) is 1.46. The van der Waals surface area contributed by atoms with Crippen LogP contribution in [0.5, 0.6) is 5.75 Å². The molecule has 2 atom stereocenters. The van der Waals surface area contributed by atoms with E-state index in [1.807, 2.05) is 12.1 Å². The third-order valence-electron chi connectivity index (χ3n) is 3.25. The smallest absolute Gasteiger partial charge is 0.122 e. The first kappa shape index (κ1) is 16.0. The van der Waals surface area contributed by atoms with Gasteiger partial charge in [0.25, 0.3) is 0 Å². The van der Waals surface area contributed by atoms with Crippen molar-refractivity contribution in [1.29, 1.82) is 0 Å². The highest BCUT2D eigenvalue weighted by molar-refractivity contribution is 5.36. The number of ether oxygens (including phenoxy) is 2. The van der Waals surface area contributed by atoms with Crippen LogP contribution in [0.15, 0.2) is 24.3 Å². The molecule has 0 aliphatic heterocycles. The van der Waals surface area contributed by atoms with Crippen molar-refractivity contribution in [3.63, 3.8) is 0 Å². The number of benzene rings is 1. The van der Waals surface area contributed by atoms with Crippen LogP contribution in [0.4, 0.5) is 0 Å². The van der Waals surface area contributed by atoms with Crippen LogP contribution in [0.3, 0.4) is 0 Å². The Morgan fingerprint density at radius 1 is 1.16 bits per heavy atom. The molecule has 19 heavy (non-hydrogen) atoms. The standard InChI is InChI=1S/C16H27NO2/c1-5-17-14(3)12-13(2)15-8-6-7-9-16(15)19-11-10-18-4/h6-9,13-14,17H,5,10-12H2,1-4H3. The molecule has 0 spiro atoms. The minimum absolute atomic E-state index is 0.479. The lowest BCUT2D eigenvalue weighted by molar-refractivity contribution is 0.145. The van der Waals surface area contributed by atoms with E-state index < -0.39 is 0 Å². The Morgan fingerprint density at radius 2 is 1.89 bits per heavy atom. The van der Waals surface area contributed by atoms with Gasteiger partial charge in [0.05, 0.1) is 6.61 Å². The fraction of sp³-hybridized carbons (Fsp3) is 0.625. The molecule has 0 saturated heterocycles. The van der Waals surface area contributed by atoms with Gasteiger partial charge < -0.3 is 14.8 Å². The Hall–Kier alpha value is -1.06. The van der Waals surface area contributed by atoms with Crippen molar-refractivity contribution in [2.75, 3.05) is 26.9 Å². The van der Waals surface area contributed by atoms with Gasteiger partial charge in [0.15, 0.2) is 0 Å². The zero-order valence-corrected chi connectivity index (χ0v) is 12.6. The molecule has 3 nitrogen and oxygen atoms in total. The highest BCUT2D eigenvalue weighted by atomic mass is 16.5. The lowest BCUT2D eigenvalue weighted by Crippen LogP contribution is -2.27. The summed E-state index contributed by atoms with van der Waals surface area (Å²) in [5.41, 5.74) is 1.28. The predicted molar refractivity (Wildman–Crippen MR) is 80.0 cm³/mol. The summed E-state index contributed by atoms with van der Waals surface area (Å²) in [5, 5.41) is 3.46. The molecule has 0 bridgehead atoms. The molecular formula is C16H27NO2. The Balaban J connectivity index is 2.64. The summed E-state index contributed by atoms with van der Waals surface area (Å²) in [6.45, 7) is 8.86. The number of hydrogen-bond acceptors (Lipinski definition) is 3. The predicted octanol–water partition coefficient (Wildman–Crippen LogP) is 3.20. The molecule has 3 heteroatoms. The van der Waals surface area contributed by atoms with Crippen molar-refractivity contribution >= 4 is 0 Å². The number of methoxy groups -OCH3 is 1.